The number of nitrogens with one attached hydrogen (secondary N) is 1. The summed E-state index contributed by atoms with van der Waals surface area (Å²) >= 11 is 1.59. The molecule has 118 valence electrons. The molecule has 0 saturated carbocycles. The molecule has 0 spiro atoms. The van der Waals surface area contributed by atoms with Gasteiger partial charge in [0, 0.05) is 5.38 Å². The number of ether oxygens (including phenoxy) is 1. The average Bonchev–Trinajstić information content (AvgIpc) is 3.24. The fourth-order valence-corrected chi connectivity index (χ4v) is 2.72. The zero-order chi connectivity index (χ0) is 16.1. The van der Waals surface area contributed by atoms with Crippen LogP contribution in [0.5, 0.6) is 5.75 Å². The first-order chi connectivity index (χ1) is 11.3. The molecule has 3 rings (SSSR count). The van der Waals surface area contributed by atoms with E-state index >= 15 is 0 Å². The van der Waals surface area contributed by atoms with Crippen molar-refractivity contribution in [3.63, 3.8) is 0 Å². The third-order valence-corrected chi connectivity index (χ3v) is 3.84. The lowest BCUT2D eigenvalue weighted by atomic mass is 10.2. The molecule has 0 bridgehead atoms. The molecule has 0 saturated heterocycles. The van der Waals surface area contributed by atoms with Crippen LogP contribution in [0.4, 0.5) is 0 Å². The first-order valence-corrected chi connectivity index (χ1v) is 8.16. The highest BCUT2D eigenvalue weighted by molar-refractivity contribution is 7.08. The molecule has 0 atom stereocenters. The van der Waals surface area contributed by atoms with Crippen LogP contribution in [0, 0.1) is 0 Å². The normalized spacial score (nSPS) is 10.5. The molecule has 0 aliphatic rings. The third-order valence-electron chi connectivity index (χ3n) is 3.17. The minimum Gasteiger partial charge on any atom is -0.493 e. The number of para-hydroxylation sites is 1. The molecule has 0 aliphatic carbocycles. The van der Waals surface area contributed by atoms with Crippen molar-refractivity contribution in [3.8, 4) is 11.4 Å². The predicted octanol–water partition coefficient (Wildman–Crippen LogP) is 2.66. The van der Waals surface area contributed by atoms with Crippen molar-refractivity contribution >= 4 is 17.2 Å². The lowest BCUT2D eigenvalue weighted by Gasteiger charge is -2.09. The third kappa shape index (κ3) is 3.57. The topological polar surface area (TPSA) is 69.0 Å². The van der Waals surface area contributed by atoms with E-state index in [9.17, 15) is 4.79 Å². The highest BCUT2D eigenvalue weighted by atomic mass is 32.1. The zero-order valence-corrected chi connectivity index (χ0v) is 13.4. The van der Waals surface area contributed by atoms with E-state index in [4.69, 9.17) is 4.74 Å². The maximum absolute atomic E-state index is 12.3. The molecular weight excluding hydrogens is 312 g/mol. The average molecular weight is 328 g/mol. The maximum atomic E-state index is 12.3. The van der Waals surface area contributed by atoms with Gasteiger partial charge in [0.15, 0.2) is 0 Å². The summed E-state index contributed by atoms with van der Waals surface area (Å²) in [4.78, 5) is 12.3. The van der Waals surface area contributed by atoms with Crippen LogP contribution in [-0.4, -0.2) is 27.5 Å². The Morgan fingerprint density at radius 1 is 1.35 bits per heavy atom. The lowest BCUT2D eigenvalue weighted by Crippen LogP contribution is -2.23. The summed E-state index contributed by atoms with van der Waals surface area (Å²) in [5.74, 6) is 0.383. The Hall–Kier alpha value is -2.67. The van der Waals surface area contributed by atoms with E-state index in [2.05, 4.69) is 15.6 Å². The quantitative estimate of drug-likeness (QED) is 0.755. The van der Waals surface area contributed by atoms with E-state index in [1.165, 1.54) is 0 Å². The van der Waals surface area contributed by atoms with E-state index in [-0.39, 0.29) is 5.91 Å². The lowest BCUT2D eigenvalue weighted by molar-refractivity contribution is 0.0946. The van der Waals surface area contributed by atoms with Crippen LogP contribution in [0.2, 0.25) is 0 Å². The van der Waals surface area contributed by atoms with Gasteiger partial charge in [-0.1, -0.05) is 17.3 Å². The molecule has 0 fully saturated rings. The molecule has 0 aliphatic heterocycles. The number of hydrogen-bond acceptors (Lipinski definition) is 5. The van der Waals surface area contributed by atoms with Crippen molar-refractivity contribution in [1.29, 1.82) is 0 Å². The number of benzene rings is 1. The first-order valence-electron chi connectivity index (χ1n) is 7.21. The maximum Gasteiger partial charge on any atom is 0.255 e. The summed E-state index contributed by atoms with van der Waals surface area (Å²) in [5.41, 5.74) is 2.17. The van der Waals surface area contributed by atoms with Crippen LogP contribution in [0.15, 0.2) is 47.3 Å². The molecule has 0 radical (unpaired) electrons. The van der Waals surface area contributed by atoms with Gasteiger partial charge in [-0.3, -0.25) is 4.79 Å². The smallest absolute Gasteiger partial charge is 0.255 e. The zero-order valence-electron chi connectivity index (χ0n) is 12.6. The second-order valence-electron chi connectivity index (χ2n) is 4.75. The Bertz CT molecular complexity index is 783. The van der Waals surface area contributed by atoms with Gasteiger partial charge in [-0.15, -0.1) is 5.10 Å². The van der Waals surface area contributed by atoms with Gasteiger partial charge in [0.1, 0.15) is 11.4 Å². The summed E-state index contributed by atoms with van der Waals surface area (Å²) in [6.45, 7) is 2.71. The molecule has 2 heterocycles. The minimum atomic E-state index is -0.195. The van der Waals surface area contributed by atoms with Crippen LogP contribution < -0.4 is 10.1 Å². The first kappa shape index (κ1) is 15.2. The standard InChI is InChI=1S/C16H16N4O2S/c1-2-22-15-6-4-3-5-14(15)16(21)17-9-12-10-20(19-18-12)13-7-8-23-11-13/h3-8,10-11H,2,9H2,1H3,(H,17,21). The van der Waals surface area contributed by atoms with Gasteiger partial charge in [-0.2, -0.15) is 11.3 Å². The fraction of sp³-hybridized carbons (Fsp3) is 0.188. The monoisotopic (exact) mass is 328 g/mol. The second-order valence-corrected chi connectivity index (χ2v) is 5.53. The van der Waals surface area contributed by atoms with Gasteiger partial charge >= 0.3 is 0 Å². The summed E-state index contributed by atoms with van der Waals surface area (Å²) in [6, 6.07) is 9.13. The largest absolute Gasteiger partial charge is 0.493 e. The number of nitrogens with zero attached hydrogens (tertiary/aromatic N) is 3. The van der Waals surface area contributed by atoms with Gasteiger partial charge in [-0.25, -0.2) is 4.68 Å². The van der Waals surface area contributed by atoms with Gasteiger partial charge in [0.05, 0.1) is 30.6 Å². The molecule has 2 aromatic heterocycles. The molecule has 1 N–H and O–H groups in total. The van der Waals surface area contributed by atoms with Crippen molar-refractivity contribution in [1.82, 2.24) is 20.3 Å². The van der Waals surface area contributed by atoms with Crippen LogP contribution in [0.25, 0.3) is 5.69 Å². The Kier molecular flexibility index (Phi) is 4.68. The Morgan fingerprint density at radius 3 is 3.00 bits per heavy atom. The van der Waals surface area contributed by atoms with Crippen molar-refractivity contribution in [2.45, 2.75) is 13.5 Å². The number of amides is 1. The van der Waals surface area contributed by atoms with Crippen LogP contribution in [0.3, 0.4) is 0 Å². The van der Waals surface area contributed by atoms with E-state index < -0.39 is 0 Å². The molecule has 3 aromatic rings. The number of rotatable bonds is 6. The molecular formula is C16H16N4O2S. The van der Waals surface area contributed by atoms with E-state index in [1.54, 1.807) is 34.3 Å². The molecule has 23 heavy (non-hydrogen) atoms. The van der Waals surface area contributed by atoms with Gasteiger partial charge < -0.3 is 10.1 Å². The van der Waals surface area contributed by atoms with Gasteiger partial charge in [0.2, 0.25) is 0 Å². The Balaban J connectivity index is 1.65. The molecule has 1 amide bonds. The Morgan fingerprint density at radius 2 is 2.22 bits per heavy atom. The number of carbonyl (C=O) groups is 1. The summed E-state index contributed by atoms with van der Waals surface area (Å²) in [7, 11) is 0. The number of hydrogen-bond donors (Lipinski definition) is 1. The molecule has 6 nitrogen and oxygen atoms in total. The number of carbonyl (C=O) groups excluding carboxylic acids is 1. The molecule has 0 unspecified atom stereocenters. The number of thiophene rings is 1. The van der Waals surface area contributed by atoms with Gasteiger partial charge in [-0.05, 0) is 30.5 Å². The van der Waals surface area contributed by atoms with Crippen LogP contribution in [0.1, 0.15) is 23.0 Å². The molecule has 1 aromatic carbocycles. The second kappa shape index (κ2) is 7.06. The van der Waals surface area contributed by atoms with Crippen LogP contribution >= 0.6 is 11.3 Å². The summed E-state index contributed by atoms with van der Waals surface area (Å²) in [5, 5.41) is 14.9. The fourth-order valence-electron chi connectivity index (χ4n) is 2.09. The van der Waals surface area contributed by atoms with Crippen molar-refractivity contribution in [2.75, 3.05) is 6.61 Å². The van der Waals surface area contributed by atoms with Crippen molar-refractivity contribution in [3.05, 3.63) is 58.5 Å². The summed E-state index contributed by atoms with van der Waals surface area (Å²) < 4.78 is 7.16. The number of aromatic nitrogens is 3. The Labute approximate surface area is 137 Å². The van der Waals surface area contributed by atoms with E-state index in [1.807, 2.05) is 35.9 Å². The van der Waals surface area contributed by atoms with Crippen LogP contribution in [-0.2, 0) is 6.54 Å². The van der Waals surface area contributed by atoms with E-state index in [0.29, 0.717) is 30.2 Å². The molecule has 7 heteroatoms. The van der Waals surface area contributed by atoms with Crippen molar-refractivity contribution in [2.24, 2.45) is 0 Å². The SMILES string of the molecule is CCOc1ccccc1C(=O)NCc1cn(-c2ccsc2)nn1. The highest BCUT2D eigenvalue weighted by Gasteiger charge is 2.12. The van der Waals surface area contributed by atoms with Gasteiger partial charge in [0.25, 0.3) is 5.91 Å². The minimum absolute atomic E-state index is 0.195. The highest BCUT2D eigenvalue weighted by Crippen LogP contribution is 2.18. The van der Waals surface area contributed by atoms with Crippen molar-refractivity contribution < 1.29 is 9.53 Å². The van der Waals surface area contributed by atoms with E-state index in [0.717, 1.165) is 5.69 Å². The summed E-state index contributed by atoms with van der Waals surface area (Å²) in [6.07, 6.45) is 1.80. The predicted molar refractivity (Wildman–Crippen MR) is 88.0 cm³/mol.